The van der Waals surface area contributed by atoms with E-state index in [-0.39, 0.29) is 5.82 Å². The quantitative estimate of drug-likeness (QED) is 0.748. The molecule has 0 aliphatic carbocycles. The van der Waals surface area contributed by atoms with Gasteiger partial charge in [-0.25, -0.2) is 4.39 Å². The molecule has 0 aliphatic heterocycles. The van der Waals surface area contributed by atoms with Gasteiger partial charge in [0.15, 0.2) is 0 Å². The van der Waals surface area contributed by atoms with Crippen LogP contribution in [0.4, 0.5) is 4.39 Å². The lowest BCUT2D eigenvalue weighted by Gasteiger charge is -2.21. The average molecular weight is 241 g/mol. The maximum Gasteiger partial charge on any atom is 0.123 e. The summed E-state index contributed by atoms with van der Waals surface area (Å²) in [4.78, 5) is 2.26. The van der Waals surface area contributed by atoms with Gasteiger partial charge in [0, 0.05) is 13.1 Å². The topological polar surface area (TPSA) is 3.24 Å². The first-order valence-corrected chi connectivity index (χ1v) is 6.32. The van der Waals surface area contributed by atoms with Gasteiger partial charge in [-0.05, 0) is 36.4 Å². The highest BCUT2D eigenvalue weighted by molar-refractivity contribution is 7.80. The minimum absolute atomic E-state index is 0.173. The van der Waals surface area contributed by atoms with Crippen LogP contribution in [0.3, 0.4) is 0 Å². The molecule has 1 unspecified atom stereocenters. The molecule has 0 heterocycles. The van der Waals surface area contributed by atoms with Crippen molar-refractivity contribution >= 4 is 12.6 Å². The maximum atomic E-state index is 12.7. The summed E-state index contributed by atoms with van der Waals surface area (Å²) in [6, 6.07) is 6.71. The van der Waals surface area contributed by atoms with E-state index in [9.17, 15) is 4.39 Å². The molecule has 0 fully saturated rings. The SMILES string of the molecule is CCC(CS)CN(C)Cc1ccc(F)cc1. The zero-order valence-corrected chi connectivity index (χ0v) is 10.9. The predicted octanol–water partition coefficient (Wildman–Crippen LogP) is 3.21. The van der Waals surface area contributed by atoms with E-state index in [1.54, 1.807) is 0 Å². The monoisotopic (exact) mass is 241 g/mol. The molecule has 1 atom stereocenters. The molecule has 1 rings (SSSR count). The normalized spacial score (nSPS) is 13.1. The van der Waals surface area contributed by atoms with E-state index < -0.39 is 0 Å². The molecule has 1 nitrogen and oxygen atoms in total. The number of hydrogen-bond donors (Lipinski definition) is 1. The average Bonchev–Trinajstić information content (AvgIpc) is 2.29. The number of nitrogens with zero attached hydrogens (tertiary/aromatic N) is 1. The highest BCUT2D eigenvalue weighted by atomic mass is 32.1. The minimum atomic E-state index is -0.173. The zero-order chi connectivity index (χ0) is 12.0. The van der Waals surface area contributed by atoms with Gasteiger partial charge in [-0.1, -0.05) is 25.5 Å². The van der Waals surface area contributed by atoms with E-state index in [1.807, 2.05) is 12.1 Å². The molecule has 0 aliphatic rings. The molecule has 90 valence electrons. The van der Waals surface area contributed by atoms with Gasteiger partial charge in [-0.15, -0.1) is 0 Å². The molecule has 0 spiro atoms. The number of rotatable bonds is 6. The van der Waals surface area contributed by atoms with Crippen LogP contribution in [-0.2, 0) is 6.54 Å². The Morgan fingerprint density at radius 1 is 1.31 bits per heavy atom. The van der Waals surface area contributed by atoms with Gasteiger partial charge >= 0.3 is 0 Å². The van der Waals surface area contributed by atoms with Crippen molar-refractivity contribution in [2.24, 2.45) is 5.92 Å². The standard InChI is InChI=1S/C13H20FNS/c1-3-11(10-16)8-15(2)9-12-4-6-13(14)7-5-12/h4-7,11,16H,3,8-10H2,1-2H3. The fourth-order valence-corrected chi connectivity index (χ4v) is 2.10. The molecule has 3 heteroatoms. The fourth-order valence-electron chi connectivity index (χ4n) is 1.72. The first-order valence-electron chi connectivity index (χ1n) is 5.69. The third-order valence-electron chi connectivity index (χ3n) is 2.77. The van der Waals surface area contributed by atoms with E-state index >= 15 is 0 Å². The Hall–Kier alpha value is -0.540. The number of thiol groups is 1. The van der Waals surface area contributed by atoms with Crippen molar-refractivity contribution in [1.29, 1.82) is 0 Å². The first-order chi connectivity index (χ1) is 7.65. The molecule has 0 radical (unpaired) electrons. The van der Waals surface area contributed by atoms with Crippen molar-refractivity contribution in [3.63, 3.8) is 0 Å². The van der Waals surface area contributed by atoms with Gasteiger partial charge in [0.05, 0.1) is 0 Å². The largest absolute Gasteiger partial charge is 0.302 e. The lowest BCUT2D eigenvalue weighted by molar-refractivity contribution is 0.278. The van der Waals surface area contributed by atoms with Crippen LogP contribution in [0.25, 0.3) is 0 Å². The molecular formula is C13H20FNS. The van der Waals surface area contributed by atoms with E-state index in [4.69, 9.17) is 0 Å². The van der Waals surface area contributed by atoms with Crippen molar-refractivity contribution in [1.82, 2.24) is 4.90 Å². The summed E-state index contributed by atoms with van der Waals surface area (Å²) in [7, 11) is 2.09. The van der Waals surface area contributed by atoms with E-state index in [0.717, 1.165) is 30.8 Å². The van der Waals surface area contributed by atoms with Gasteiger partial charge < -0.3 is 4.90 Å². The van der Waals surface area contributed by atoms with E-state index in [0.29, 0.717) is 5.92 Å². The van der Waals surface area contributed by atoms with E-state index in [2.05, 4.69) is 31.5 Å². The van der Waals surface area contributed by atoms with Crippen molar-refractivity contribution in [3.8, 4) is 0 Å². The van der Waals surface area contributed by atoms with Crippen LogP contribution in [0, 0.1) is 11.7 Å². The van der Waals surface area contributed by atoms with Crippen LogP contribution in [-0.4, -0.2) is 24.2 Å². The lowest BCUT2D eigenvalue weighted by atomic mass is 10.1. The Kier molecular flexibility index (Phi) is 5.85. The zero-order valence-electron chi connectivity index (χ0n) is 9.99. The Morgan fingerprint density at radius 2 is 1.94 bits per heavy atom. The van der Waals surface area contributed by atoms with Crippen molar-refractivity contribution in [2.45, 2.75) is 19.9 Å². The Balaban J connectivity index is 2.44. The van der Waals surface area contributed by atoms with Crippen LogP contribution in [0.2, 0.25) is 0 Å². The molecular weight excluding hydrogens is 221 g/mol. The second-order valence-corrected chi connectivity index (χ2v) is 4.65. The van der Waals surface area contributed by atoms with Crippen LogP contribution in [0.1, 0.15) is 18.9 Å². The Bertz CT molecular complexity index is 295. The predicted molar refractivity (Wildman–Crippen MR) is 70.4 cm³/mol. The number of benzene rings is 1. The van der Waals surface area contributed by atoms with Gasteiger partial charge in [0.2, 0.25) is 0 Å². The third kappa shape index (κ3) is 4.54. The minimum Gasteiger partial charge on any atom is -0.302 e. The van der Waals surface area contributed by atoms with Crippen LogP contribution in [0.15, 0.2) is 24.3 Å². The van der Waals surface area contributed by atoms with E-state index in [1.165, 1.54) is 12.1 Å². The maximum absolute atomic E-state index is 12.7. The summed E-state index contributed by atoms with van der Waals surface area (Å²) < 4.78 is 12.7. The summed E-state index contributed by atoms with van der Waals surface area (Å²) in [6.45, 7) is 4.09. The molecule has 0 N–H and O–H groups in total. The van der Waals surface area contributed by atoms with Crippen LogP contribution >= 0.6 is 12.6 Å². The summed E-state index contributed by atoms with van der Waals surface area (Å²) >= 11 is 4.33. The van der Waals surface area contributed by atoms with Gasteiger partial charge in [0.25, 0.3) is 0 Å². The summed E-state index contributed by atoms with van der Waals surface area (Å²) in [6.07, 6.45) is 1.15. The molecule has 0 saturated heterocycles. The number of halogens is 1. The van der Waals surface area contributed by atoms with Gasteiger partial charge in [-0.3, -0.25) is 0 Å². The summed E-state index contributed by atoms with van der Waals surface area (Å²) in [5, 5.41) is 0. The molecule has 0 aromatic heterocycles. The lowest BCUT2D eigenvalue weighted by Crippen LogP contribution is -2.26. The molecule has 0 bridgehead atoms. The first kappa shape index (κ1) is 13.5. The van der Waals surface area contributed by atoms with Crippen LogP contribution in [0.5, 0.6) is 0 Å². The van der Waals surface area contributed by atoms with Crippen LogP contribution < -0.4 is 0 Å². The van der Waals surface area contributed by atoms with Gasteiger partial charge in [-0.2, -0.15) is 12.6 Å². The Morgan fingerprint density at radius 3 is 2.44 bits per heavy atom. The molecule has 1 aromatic rings. The second kappa shape index (κ2) is 6.92. The van der Waals surface area contributed by atoms with Gasteiger partial charge in [0.1, 0.15) is 5.82 Å². The smallest absolute Gasteiger partial charge is 0.123 e. The molecule has 0 amide bonds. The molecule has 16 heavy (non-hydrogen) atoms. The highest BCUT2D eigenvalue weighted by Crippen LogP contribution is 2.10. The van der Waals surface area contributed by atoms with Crippen molar-refractivity contribution < 1.29 is 4.39 Å². The number of hydrogen-bond acceptors (Lipinski definition) is 2. The molecule has 1 aromatic carbocycles. The van der Waals surface area contributed by atoms with Crippen molar-refractivity contribution in [2.75, 3.05) is 19.3 Å². The third-order valence-corrected chi connectivity index (χ3v) is 3.29. The highest BCUT2D eigenvalue weighted by Gasteiger charge is 2.08. The summed E-state index contributed by atoms with van der Waals surface area (Å²) in [5.74, 6) is 1.38. The molecule has 0 saturated carbocycles. The summed E-state index contributed by atoms with van der Waals surface area (Å²) in [5.41, 5.74) is 1.15. The van der Waals surface area contributed by atoms with Crippen molar-refractivity contribution in [3.05, 3.63) is 35.6 Å². The fraction of sp³-hybridized carbons (Fsp3) is 0.538. The second-order valence-electron chi connectivity index (χ2n) is 4.28. The Labute approximate surface area is 103 Å².